The molecule has 0 unspecified atom stereocenters. The summed E-state index contributed by atoms with van der Waals surface area (Å²) in [6.45, 7) is 0.361. The average molecular weight is 328 g/mol. The molecule has 0 aliphatic carbocycles. The molecule has 0 fully saturated rings. The number of amides is 2. The number of halogens is 1. The van der Waals surface area contributed by atoms with Gasteiger partial charge in [0.2, 0.25) is 5.91 Å². The Morgan fingerprint density at radius 2 is 2.00 bits per heavy atom. The minimum Gasteiger partial charge on any atom is -0.484 e. The summed E-state index contributed by atoms with van der Waals surface area (Å²) in [6.07, 6.45) is 1.07. The number of rotatable bonds is 6. The lowest BCUT2D eigenvalue weighted by Crippen LogP contribution is -2.30. The van der Waals surface area contributed by atoms with E-state index in [0.717, 1.165) is 16.8 Å². The largest absolute Gasteiger partial charge is 0.484 e. The van der Waals surface area contributed by atoms with Gasteiger partial charge in [0.05, 0.1) is 6.42 Å². The highest BCUT2D eigenvalue weighted by Gasteiger charge is 2.17. The van der Waals surface area contributed by atoms with Gasteiger partial charge in [-0.2, -0.15) is 0 Å². The maximum Gasteiger partial charge on any atom is 0.257 e. The first-order valence-corrected chi connectivity index (χ1v) is 7.67. The van der Waals surface area contributed by atoms with Gasteiger partial charge in [-0.3, -0.25) is 9.59 Å². The molecule has 5 nitrogen and oxygen atoms in total. The van der Waals surface area contributed by atoms with E-state index in [1.807, 2.05) is 18.2 Å². The molecule has 0 aromatic heterocycles. The second-order valence-corrected chi connectivity index (χ2v) is 5.56. The normalized spacial score (nSPS) is 12.5. The van der Waals surface area contributed by atoms with Gasteiger partial charge in [-0.05, 0) is 47.9 Å². The van der Waals surface area contributed by atoms with E-state index >= 15 is 0 Å². The highest BCUT2D eigenvalue weighted by atomic mass is 19.1. The highest BCUT2D eigenvalue weighted by Crippen LogP contribution is 2.23. The Bertz CT molecular complexity index is 759. The van der Waals surface area contributed by atoms with Crippen LogP contribution in [-0.4, -0.2) is 25.0 Å². The van der Waals surface area contributed by atoms with Gasteiger partial charge in [0.15, 0.2) is 6.61 Å². The summed E-state index contributed by atoms with van der Waals surface area (Å²) < 4.78 is 18.0. The lowest BCUT2D eigenvalue weighted by molar-refractivity contribution is -0.123. The molecule has 1 aliphatic rings. The monoisotopic (exact) mass is 328 g/mol. The van der Waals surface area contributed by atoms with Gasteiger partial charge >= 0.3 is 0 Å². The fourth-order valence-electron chi connectivity index (χ4n) is 2.52. The molecule has 2 aromatic carbocycles. The molecule has 2 aromatic rings. The summed E-state index contributed by atoms with van der Waals surface area (Å²) in [6, 6.07) is 11.3. The summed E-state index contributed by atoms with van der Waals surface area (Å²) in [4.78, 5) is 23.1. The number of anilines is 1. The lowest BCUT2D eigenvalue weighted by Gasteiger charge is -2.08. The van der Waals surface area contributed by atoms with Gasteiger partial charge in [0.1, 0.15) is 11.6 Å². The standard InChI is InChI=1S/C18H17FN2O3/c19-14-2-4-15(5-3-14)24-11-18(23)20-8-7-12-1-6-16-13(9-12)10-17(22)21-16/h1-6,9H,7-8,10-11H2,(H,20,23)(H,21,22). The van der Waals surface area contributed by atoms with Crippen LogP contribution in [0.15, 0.2) is 42.5 Å². The minimum atomic E-state index is -0.349. The zero-order valence-electron chi connectivity index (χ0n) is 13.0. The summed E-state index contributed by atoms with van der Waals surface area (Å²) in [7, 11) is 0. The molecule has 1 heterocycles. The minimum absolute atomic E-state index is 0.00777. The highest BCUT2D eigenvalue weighted by molar-refractivity contribution is 5.99. The van der Waals surface area contributed by atoms with E-state index in [-0.39, 0.29) is 24.2 Å². The SMILES string of the molecule is O=C(COc1ccc(F)cc1)NCCc1ccc2c(c1)CC(=O)N2. The smallest absolute Gasteiger partial charge is 0.257 e. The number of hydrogen-bond donors (Lipinski definition) is 2. The summed E-state index contributed by atoms with van der Waals surface area (Å²) >= 11 is 0. The molecule has 1 aliphatic heterocycles. The zero-order valence-corrected chi connectivity index (χ0v) is 13.0. The van der Waals surface area contributed by atoms with Crippen LogP contribution in [0.5, 0.6) is 5.75 Å². The Morgan fingerprint density at radius 1 is 1.21 bits per heavy atom. The van der Waals surface area contributed by atoms with Crippen molar-refractivity contribution in [1.29, 1.82) is 0 Å². The first-order valence-electron chi connectivity index (χ1n) is 7.67. The predicted molar refractivity (Wildman–Crippen MR) is 87.4 cm³/mol. The number of carbonyl (C=O) groups is 2. The summed E-state index contributed by atoms with van der Waals surface area (Å²) in [5.41, 5.74) is 2.91. The van der Waals surface area contributed by atoms with Crippen LogP contribution in [0.4, 0.5) is 10.1 Å². The number of ether oxygens (including phenoxy) is 1. The third kappa shape index (κ3) is 4.10. The fourth-order valence-corrected chi connectivity index (χ4v) is 2.52. The molecular formula is C18H17FN2O3. The molecule has 124 valence electrons. The molecular weight excluding hydrogens is 311 g/mol. The van der Waals surface area contributed by atoms with Crippen molar-refractivity contribution in [2.45, 2.75) is 12.8 Å². The van der Waals surface area contributed by atoms with Gasteiger partial charge in [-0.1, -0.05) is 12.1 Å². The molecule has 0 bridgehead atoms. The van der Waals surface area contributed by atoms with Crippen molar-refractivity contribution in [3.05, 3.63) is 59.4 Å². The molecule has 2 amide bonds. The van der Waals surface area contributed by atoms with Crippen LogP contribution >= 0.6 is 0 Å². The second-order valence-electron chi connectivity index (χ2n) is 5.56. The van der Waals surface area contributed by atoms with Crippen LogP contribution in [0.2, 0.25) is 0 Å². The third-order valence-corrected chi connectivity index (χ3v) is 3.71. The Labute approximate surface area is 138 Å². The number of benzene rings is 2. The van der Waals surface area contributed by atoms with Crippen LogP contribution in [0.1, 0.15) is 11.1 Å². The Hall–Kier alpha value is -2.89. The van der Waals surface area contributed by atoms with Crippen molar-refractivity contribution in [2.24, 2.45) is 0 Å². The number of fused-ring (bicyclic) bond motifs is 1. The molecule has 2 N–H and O–H groups in total. The van der Waals surface area contributed by atoms with E-state index in [1.54, 1.807) is 0 Å². The van der Waals surface area contributed by atoms with E-state index in [9.17, 15) is 14.0 Å². The van der Waals surface area contributed by atoms with Gasteiger partial charge < -0.3 is 15.4 Å². The molecule has 0 radical (unpaired) electrons. The Balaban J connectivity index is 1.41. The summed E-state index contributed by atoms with van der Waals surface area (Å²) in [5, 5.41) is 5.55. The fraction of sp³-hybridized carbons (Fsp3) is 0.222. The van der Waals surface area contributed by atoms with Gasteiger partial charge in [-0.25, -0.2) is 4.39 Å². The molecule has 0 saturated heterocycles. The van der Waals surface area contributed by atoms with Crippen molar-refractivity contribution in [2.75, 3.05) is 18.5 Å². The average Bonchev–Trinajstić information content (AvgIpc) is 2.93. The van der Waals surface area contributed by atoms with Crippen molar-refractivity contribution in [1.82, 2.24) is 5.32 Å². The van der Waals surface area contributed by atoms with Crippen LogP contribution in [-0.2, 0) is 22.4 Å². The van der Waals surface area contributed by atoms with Crippen LogP contribution in [0, 0.1) is 5.82 Å². The molecule has 3 rings (SSSR count). The van der Waals surface area contributed by atoms with Crippen LogP contribution in [0.3, 0.4) is 0 Å². The second kappa shape index (κ2) is 7.12. The molecule has 0 atom stereocenters. The van der Waals surface area contributed by atoms with E-state index in [4.69, 9.17) is 4.74 Å². The van der Waals surface area contributed by atoms with E-state index < -0.39 is 0 Å². The Morgan fingerprint density at radius 3 is 2.79 bits per heavy atom. The Kier molecular flexibility index (Phi) is 4.74. The molecule has 24 heavy (non-hydrogen) atoms. The van der Waals surface area contributed by atoms with E-state index in [0.29, 0.717) is 25.1 Å². The quantitative estimate of drug-likeness (QED) is 0.853. The first kappa shape index (κ1) is 16.0. The predicted octanol–water partition coefficient (Wildman–Crippen LogP) is 2.06. The van der Waals surface area contributed by atoms with E-state index in [1.165, 1.54) is 24.3 Å². The van der Waals surface area contributed by atoms with E-state index in [2.05, 4.69) is 10.6 Å². The third-order valence-electron chi connectivity index (χ3n) is 3.71. The first-order chi connectivity index (χ1) is 11.6. The van der Waals surface area contributed by atoms with Crippen LogP contribution < -0.4 is 15.4 Å². The van der Waals surface area contributed by atoms with Gasteiger partial charge in [0, 0.05) is 12.2 Å². The number of nitrogens with one attached hydrogen (secondary N) is 2. The number of hydrogen-bond acceptors (Lipinski definition) is 3. The van der Waals surface area contributed by atoms with Crippen molar-refractivity contribution >= 4 is 17.5 Å². The maximum atomic E-state index is 12.8. The molecule has 6 heteroatoms. The van der Waals surface area contributed by atoms with Crippen LogP contribution in [0.25, 0.3) is 0 Å². The van der Waals surface area contributed by atoms with Crippen molar-refractivity contribution < 1.29 is 18.7 Å². The number of carbonyl (C=O) groups excluding carboxylic acids is 2. The lowest BCUT2D eigenvalue weighted by atomic mass is 10.1. The zero-order chi connectivity index (χ0) is 16.9. The van der Waals surface area contributed by atoms with Crippen molar-refractivity contribution in [3.8, 4) is 5.75 Å². The molecule has 0 spiro atoms. The van der Waals surface area contributed by atoms with Crippen molar-refractivity contribution in [3.63, 3.8) is 0 Å². The molecule has 0 saturated carbocycles. The summed E-state index contributed by atoms with van der Waals surface area (Å²) in [5.74, 6) is -0.133. The maximum absolute atomic E-state index is 12.8. The van der Waals surface area contributed by atoms with Gasteiger partial charge in [-0.15, -0.1) is 0 Å². The van der Waals surface area contributed by atoms with Gasteiger partial charge in [0.25, 0.3) is 5.91 Å². The topological polar surface area (TPSA) is 67.4 Å².